The molecule has 0 atom stereocenters. The molecule has 178 valence electrons. The van der Waals surface area contributed by atoms with Gasteiger partial charge >= 0.3 is 6.03 Å². The second-order valence-corrected chi connectivity index (χ2v) is 11.3. The van der Waals surface area contributed by atoms with Crippen LogP contribution in [0.1, 0.15) is 52.4 Å². The van der Waals surface area contributed by atoms with Crippen molar-refractivity contribution in [3.63, 3.8) is 0 Å². The van der Waals surface area contributed by atoms with Crippen LogP contribution in [-0.4, -0.2) is 59.0 Å². The Kier molecular flexibility index (Phi) is 5.79. The molecule has 8 heteroatoms. The van der Waals surface area contributed by atoms with Gasteiger partial charge in [0, 0.05) is 22.3 Å². The van der Waals surface area contributed by atoms with Gasteiger partial charge in [-0.25, -0.2) is 4.79 Å². The van der Waals surface area contributed by atoms with Crippen molar-refractivity contribution in [3.05, 3.63) is 29.3 Å². The highest BCUT2D eigenvalue weighted by molar-refractivity contribution is 6.30. The first-order chi connectivity index (χ1) is 15.7. The van der Waals surface area contributed by atoms with Crippen LogP contribution >= 0.6 is 11.6 Å². The van der Waals surface area contributed by atoms with Crippen LogP contribution in [0.5, 0.6) is 0 Å². The highest BCUT2D eigenvalue weighted by Gasteiger charge is 2.52. The van der Waals surface area contributed by atoms with Crippen molar-refractivity contribution in [1.82, 2.24) is 15.1 Å². The lowest BCUT2D eigenvalue weighted by atomic mass is 9.53. The van der Waals surface area contributed by atoms with Crippen LogP contribution in [0.15, 0.2) is 24.3 Å². The molecule has 5 fully saturated rings. The fourth-order valence-electron chi connectivity index (χ4n) is 6.86. The molecule has 1 heterocycles. The van der Waals surface area contributed by atoms with E-state index in [0.717, 1.165) is 37.0 Å². The number of nitrogens with zero attached hydrogens (tertiary/aromatic N) is 3. The molecular weight excluding hydrogens is 440 g/mol. The number of nitrogens with one attached hydrogen (secondary N) is 1. The largest absolute Gasteiger partial charge is 0.333 e. The van der Waals surface area contributed by atoms with Crippen molar-refractivity contribution < 1.29 is 14.4 Å². The molecule has 0 aromatic heterocycles. The molecule has 4 saturated carbocycles. The van der Waals surface area contributed by atoms with Crippen molar-refractivity contribution in [2.75, 3.05) is 24.7 Å². The molecule has 33 heavy (non-hydrogen) atoms. The lowest BCUT2D eigenvalue weighted by Crippen LogP contribution is -2.63. The van der Waals surface area contributed by atoms with E-state index in [-0.39, 0.29) is 49.2 Å². The second-order valence-electron chi connectivity index (χ2n) is 10.9. The summed E-state index contributed by atoms with van der Waals surface area (Å²) in [6.45, 7) is 4.03. The Hall–Kier alpha value is -2.28. The van der Waals surface area contributed by atoms with Crippen LogP contribution in [0.3, 0.4) is 0 Å². The quantitative estimate of drug-likeness (QED) is 0.707. The SMILES string of the molecule is CC(C)N(CC(=O)N1CC(=O)N(c2ccc(Cl)cc2)C1)C(=O)NC12CC3CC(CC(C3)C1)C2. The first-order valence-electron chi connectivity index (χ1n) is 12.1. The van der Waals surface area contributed by atoms with Gasteiger partial charge in [0.15, 0.2) is 0 Å². The van der Waals surface area contributed by atoms with Crippen LogP contribution in [0.2, 0.25) is 5.02 Å². The standard InChI is InChI=1S/C25H33ClN4O3/c1-16(2)29(24(33)27-25-10-17-7-18(11-25)9-19(8-17)12-25)14-22(31)28-13-23(32)30(15-28)21-5-3-20(26)4-6-21/h3-6,16-19H,7-15H2,1-2H3,(H,27,33). The van der Waals surface area contributed by atoms with E-state index in [9.17, 15) is 14.4 Å². The van der Waals surface area contributed by atoms with E-state index < -0.39 is 0 Å². The zero-order valence-corrected chi connectivity index (χ0v) is 20.2. The maximum atomic E-state index is 13.4. The lowest BCUT2D eigenvalue weighted by Gasteiger charge is -2.57. The van der Waals surface area contributed by atoms with Crippen LogP contribution < -0.4 is 10.2 Å². The average Bonchev–Trinajstić information content (AvgIpc) is 3.12. The minimum absolute atomic E-state index is 0.0178. The lowest BCUT2D eigenvalue weighted by molar-refractivity contribution is -0.132. The van der Waals surface area contributed by atoms with Crippen molar-refractivity contribution in [2.45, 2.75) is 64.0 Å². The third kappa shape index (κ3) is 4.44. The summed E-state index contributed by atoms with van der Waals surface area (Å²) >= 11 is 5.95. The maximum Gasteiger partial charge on any atom is 0.318 e. The number of anilines is 1. The summed E-state index contributed by atoms with van der Waals surface area (Å²) in [5.41, 5.74) is 0.608. The molecule has 1 saturated heterocycles. The second kappa shape index (κ2) is 8.49. The summed E-state index contributed by atoms with van der Waals surface area (Å²) in [6, 6.07) is 6.73. The molecule has 0 radical (unpaired) electrons. The van der Waals surface area contributed by atoms with E-state index in [2.05, 4.69) is 5.32 Å². The fraction of sp³-hybridized carbons (Fsp3) is 0.640. The Labute approximate surface area is 200 Å². The Morgan fingerprint density at radius 2 is 1.67 bits per heavy atom. The highest BCUT2D eigenvalue weighted by atomic mass is 35.5. The molecule has 1 aliphatic heterocycles. The number of urea groups is 1. The number of halogens is 1. The smallest absolute Gasteiger partial charge is 0.318 e. The number of hydrogen-bond donors (Lipinski definition) is 1. The number of amides is 4. The van der Waals surface area contributed by atoms with E-state index in [4.69, 9.17) is 11.6 Å². The molecule has 0 spiro atoms. The molecular formula is C25H33ClN4O3. The van der Waals surface area contributed by atoms with Gasteiger partial charge < -0.3 is 15.1 Å². The Balaban J connectivity index is 1.23. The van der Waals surface area contributed by atoms with E-state index in [1.165, 1.54) is 24.2 Å². The Morgan fingerprint density at radius 1 is 1.09 bits per heavy atom. The minimum Gasteiger partial charge on any atom is -0.333 e. The van der Waals surface area contributed by atoms with Crippen LogP contribution in [-0.2, 0) is 9.59 Å². The van der Waals surface area contributed by atoms with E-state index in [1.54, 1.807) is 34.1 Å². The molecule has 1 aromatic rings. The number of benzene rings is 1. The van der Waals surface area contributed by atoms with E-state index in [0.29, 0.717) is 10.7 Å². The average molecular weight is 473 g/mol. The molecule has 7 nitrogen and oxygen atoms in total. The minimum atomic E-state index is -0.214. The van der Waals surface area contributed by atoms with Gasteiger partial charge in [0.2, 0.25) is 11.8 Å². The monoisotopic (exact) mass is 472 g/mol. The normalized spacial score (nSPS) is 30.3. The summed E-state index contributed by atoms with van der Waals surface area (Å²) in [4.78, 5) is 43.7. The van der Waals surface area contributed by atoms with Gasteiger partial charge in [0.1, 0.15) is 19.8 Å². The molecule has 4 bridgehead atoms. The maximum absolute atomic E-state index is 13.4. The molecule has 6 rings (SSSR count). The van der Waals surface area contributed by atoms with Crippen molar-refractivity contribution in [1.29, 1.82) is 0 Å². The number of carbonyl (C=O) groups is 3. The predicted octanol–water partition coefficient (Wildman–Crippen LogP) is 3.86. The number of rotatable bonds is 5. The van der Waals surface area contributed by atoms with Gasteiger partial charge in [0.05, 0.1) is 0 Å². The molecule has 5 aliphatic rings. The third-order valence-corrected chi connectivity index (χ3v) is 8.28. The van der Waals surface area contributed by atoms with Gasteiger partial charge in [0.25, 0.3) is 0 Å². The molecule has 1 aromatic carbocycles. The Morgan fingerprint density at radius 3 is 2.21 bits per heavy atom. The van der Waals surface area contributed by atoms with Gasteiger partial charge in [-0.05, 0) is 94.4 Å². The van der Waals surface area contributed by atoms with Gasteiger partial charge in [-0.3, -0.25) is 14.5 Å². The van der Waals surface area contributed by atoms with E-state index >= 15 is 0 Å². The number of carbonyl (C=O) groups excluding carboxylic acids is 3. The summed E-state index contributed by atoms with van der Waals surface area (Å²) in [7, 11) is 0. The summed E-state index contributed by atoms with van der Waals surface area (Å²) in [5, 5.41) is 3.97. The van der Waals surface area contributed by atoms with Crippen molar-refractivity contribution >= 4 is 35.1 Å². The van der Waals surface area contributed by atoms with Crippen LogP contribution in [0.25, 0.3) is 0 Å². The van der Waals surface area contributed by atoms with Crippen LogP contribution in [0.4, 0.5) is 10.5 Å². The topological polar surface area (TPSA) is 73.0 Å². The molecule has 0 unspecified atom stereocenters. The molecule has 1 N–H and O–H groups in total. The molecule has 4 amide bonds. The van der Waals surface area contributed by atoms with E-state index in [1.807, 2.05) is 13.8 Å². The predicted molar refractivity (Wildman–Crippen MR) is 127 cm³/mol. The summed E-state index contributed by atoms with van der Waals surface area (Å²) in [6.07, 6.45) is 7.15. The van der Waals surface area contributed by atoms with Crippen molar-refractivity contribution in [2.24, 2.45) is 17.8 Å². The summed E-state index contributed by atoms with van der Waals surface area (Å²) < 4.78 is 0. The number of hydrogen-bond acceptors (Lipinski definition) is 3. The molecule has 4 aliphatic carbocycles. The van der Waals surface area contributed by atoms with Gasteiger partial charge in [-0.2, -0.15) is 0 Å². The zero-order chi connectivity index (χ0) is 23.3. The van der Waals surface area contributed by atoms with Crippen molar-refractivity contribution in [3.8, 4) is 0 Å². The zero-order valence-electron chi connectivity index (χ0n) is 19.4. The first-order valence-corrected chi connectivity index (χ1v) is 12.5. The fourth-order valence-corrected chi connectivity index (χ4v) is 6.98. The highest BCUT2D eigenvalue weighted by Crippen LogP contribution is 2.55. The van der Waals surface area contributed by atoms with Crippen LogP contribution in [0, 0.1) is 17.8 Å². The summed E-state index contributed by atoms with van der Waals surface area (Å²) in [5.74, 6) is 1.86. The van der Waals surface area contributed by atoms with Gasteiger partial charge in [-0.15, -0.1) is 0 Å². The van der Waals surface area contributed by atoms with Gasteiger partial charge in [-0.1, -0.05) is 11.6 Å². The Bertz CT molecular complexity index is 912. The third-order valence-electron chi connectivity index (χ3n) is 8.03. The first kappa shape index (κ1) is 22.5.